The zero-order valence-electron chi connectivity index (χ0n) is 13.1. The summed E-state index contributed by atoms with van der Waals surface area (Å²) in [5.41, 5.74) is 0.293. The van der Waals surface area contributed by atoms with E-state index in [4.69, 9.17) is 4.74 Å². The standard InChI is InChI=1S/C16H32N2O/c1-4-8-17-15(13-14-6-7-14)16(3,5-2)18-9-11-19-12-10-18/h14-15,17H,4-13H2,1-3H3. The molecule has 1 saturated heterocycles. The third-order valence-corrected chi connectivity index (χ3v) is 5.11. The number of nitrogens with one attached hydrogen (secondary N) is 1. The third kappa shape index (κ3) is 3.93. The zero-order valence-corrected chi connectivity index (χ0v) is 13.1. The van der Waals surface area contributed by atoms with Gasteiger partial charge in [0.1, 0.15) is 0 Å². The molecule has 0 aromatic carbocycles. The number of hydrogen-bond acceptors (Lipinski definition) is 3. The van der Waals surface area contributed by atoms with E-state index >= 15 is 0 Å². The average molecular weight is 268 g/mol. The fraction of sp³-hybridized carbons (Fsp3) is 1.00. The molecular formula is C16H32N2O. The van der Waals surface area contributed by atoms with Gasteiger partial charge in [0.2, 0.25) is 0 Å². The highest BCUT2D eigenvalue weighted by molar-refractivity contribution is 4.99. The minimum absolute atomic E-state index is 0.293. The third-order valence-electron chi connectivity index (χ3n) is 5.11. The Morgan fingerprint density at radius 2 is 1.95 bits per heavy atom. The van der Waals surface area contributed by atoms with Crippen molar-refractivity contribution in [1.82, 2.24) is 10.2 Å². The van der Waals surface area contributed by atoms with E-state index in [1.165, 1.54) is 32.1 Å². The molecule has 0 aromatic heterocycles. The molecule has 0 bridgehead atoms. The molecular weight excluding hydrogens is 236 g/mol. The summed E-state index contributed by atoms with van der Waals surface area (Å²) in [6.07, 6.45) is 6.72. The number of hydrogen-bond donors (Lipinski definition) is 1. The number of nitrogens with zero attached hydrogens (tertiary/aromatic N) is 1. The van der Waals surface area contributed by atoms with Gasteiger partial charge in [0.15, 0.2) is 0 Å². The highest BCUT2D eigenvalue weighted by Gasteiger charge is 2.41. The monoisotopic (exact) mass is 268 g/mol. The van der Waals surface area contributed by atoms with E-state index in [2.05, 4.69) is 31.0 Å². The number of rotatable bonds is 8. The van der Waals surface area contributed by atoms with E-state index in [-0.39, 0.29) is 0 Å². The average Bonchev–Trinajstić information content (AvgIpc) is 3.27. The van der Waals surface area contributed by atoms with Gasteiger partial charge in [-0.2, -0.15) is 0 Å². The molecule has 1 saturated carbocycles. The normalized spacial score (nSPS) is 26.1. The second kappa shape index (κ2) is 7.05. The summed E-state index contributed by atoms with van der Waals surface area (Å²) in [5, 5.41) is 3.85. The van der Waals surface area contributed by atoms with Crippen LogP contribution in [0.25, 0.3) is 0 Å². The topological polar surface area (TPSA) is 24.5 Å². The predicted molar refractivity (Wildman–Crippen MR) is 80.5 cm³/mol. The maximum atomic E-state index is 5.53. The van der Waals surface area contributed by atoms with Crippen LogP contribution in [-0.4, -0.2) is 49.3 Å². The highest BCUT2D eigenvalue weighted by Crippen LogP contribution is 2.38. The van der Waals surface area contributed by atoms with Crippen molar-refractivity contribution in [2.75, 3.05) is 32.8 Å². The van der Waals surface area contributed by atoms with Gasteiger partial charge in [-0.1, -0.05) is 26.7 Å². The van der Waals surface area contributed by atoms with Gasteiger partial charge in [0.05, 0.1) is 13.2 Å². The lowest BCUT2D eigenvalue weighted by molar-refractivity contribution is -0.0340. The Hall–Kier alpha value is -0.120. The molecule has 0 amide bonds. The van der Waals surface area contributed by atoms with Crippen LogP contribution >= 0.6 is 0 Å². The van der Waals surface area contributed by atoms with Crippen molar-refractivity contribution in [1.29, 1.82) is 0 Å². The Morgan fingerprint density at radius 1 is 1.26 bits per heavy atom. The molecule has 2 fully saturated rings. The molecule has 1 aliphatic heterocycles. The molecule has 2 aliphatic rings. The highest BCUT2D eigenvalue weighted by atomic mass is 16.5. The first-order chi connectivity index (χ1) is 9.20. The molecule has 1 aliphatic carbocycles. The number of ether oxygens (including phenoxy) is 1. The van der Waals surface area contributed by atoms with Crippen molar-refractivity contribution in [3.63, 3.8) is 0 Å². The second-order valence-corrected chi connectivity index (χ2v) is 6.50. The van der Waals surface area contributed by atoms with E-state index < -0.39 is 0 Å². The first-order valence-electron chi connectivity index (χ1n) is 8.27. The van der Waals surface area contributed by atoms with E-state index in [1.807, 2.05) is 0 Å². The lowest BCUT2D eigenvalue weighted by Crippen LogP contribution is -2.62. The van der Waals surface area contributed by atoms with Crippen LogP contribution in [0.3, 0.4) is 0 Å². The molecule has 0 radical (unpaired) electrons. The van der Waals surface area contributed by atoms with Gasteiger partial charge >= 0.3 is 0 Å². The summed E-state index contributed by atoms with van der Waals surface area (Å²) < 4.78 is 5.53. The fourth-order valence-electron chi connectivity index (χ4n) is 3.33. The van der Waals surface area contributed by atoms with E-state index in [9.17, 15) is 0 Å². The van der Waals surface area contributed by atoms with Crippen LogP contribution in [0.2, 0.25) is 0 Å². The molecule has 1 N–H and O–H groups in total. The maximum Gasteiger partial charge on any atom is 0.0594 e. The van der Waals surface area contributed by atoms with Gasteiger partial charge in [0.25, 0.3) is 0 Å². The Bertz CT molecular complexity index is 261. The Balaban J connectivity index is 2.02. The number of morpholine rings is 1. The molecule has 112 valence electrons. The summed E-state index contributed by atoms with van der Waals surface area (Å²) in [5.74, 6) is 0.987. The molecule has 2 unspecified atom stereocenters. The molecule has 0 aromatic rings. The van der Waals surface area contributed by atoms with Crippen LogP contribution in [0.15, 0.2) is 0 Å². The first kappa shape index (κ1) is 15.3. The Labute approximate surface area is 119 Å². The van der Waals surface area contributed by atoms with Crippen LogP contribution < -0.4 is 5.32 Å². The van der Waals surface area contributed by atoms with Crippen LogP contribution in [0.1, 0.15) is 52.9 Å². The first-order valence-corrected chi connectivity index (χ1v) is 8.27. The van der Waals surface area contributed by atoms with Gasteiger partial charge in [-0.25, -0.2) is 0 Å². The van der Waals surface area contributed by atoms with Crippen molar-refractivity contribution in [3.8, 4) is 0 Å². The minimum atomic E-state index is 0.293. The summed E-state index contributed by atoms with van der Waals surface area (Å²) >= 11 is 0. The van der Waals surface area contributed by atoms with Crippen molar-refractivity contribution in [2.24, 2.45) is 5.92 Å². The summed E-state index contributed by atoms with van der Waals surface area (Å²) in [6, 6.07) is 0.642. The van der Waals surface area contributed by atoms with Crippen LogP contribution in [0, 0.1) is 5.92 Å². The molecule has 2 rings (SSSR count). The lowest BCUT2D eigenvalue weighted by atomic mass is 9.83. The summed E-state index contributed by atoms with van der Waals surface area (Å²) in [6.45, 7) is 12.2. The van der Waals surface area contributed by atoms with Crippen LogP contribution in [-0.2, 0) is 4.74 Å². The quantitative estimate of drug-likeness (QED) is 0.732. The smallest absolute Gasteiger partial charge is 0.0594 e. The van der Waals surface area contributed by atoms with Gasteiger partial charge in [-0.15, -0.1) is 0 Å². The van der Waals surface area contributed by atoms with Crippen molar-refractivity contribution in [2.45, 2.75) is 64.5 Å². The van der Waals surface area contributed by atoms with Crippen LogP contribution in [0.5, 0.6) is 0 Å². The van der Waals surface area contributed by atoms with Crippen LogP contribution in [0.4, 0.5) is 0 Å². The molecule has 2 atom stereocenters. The Morgan fingerprint density at radius 3 is 2.47 bits per heavy atom. The lowest BCUT2D eigenvalue weighted by Gasteiger charge is -2.48. The maximum absolute atomic E-state index is 5.53. The zero-order chi connectivity index (χ0) is 13.7. The predicted octanol–water partition coefficient (Wildman–Crippen LogP) is 2.66. The molecule has 3 heteroatoms. The van der Waals surface area contributed by atoms with Gasteiger partial charge < -0.3 is 10.1 Å². The summed E-state index contributed by atoms with van der Waals surface area (Å²) in [4.78, 5) is 2.67. The fourth-order valence-corrected chi connectivity index (χ4v) is 3.33. The summed E-state index contributed by atoms with van der Waals surface area (Å²) in [7, 11) is 0. The van der Waals surface area contributed by atoms with E-state index in [0.717, 1.165) is 38.8 Å². The van der Waals surface area contributed by atoms with Gasteiger partial charge in [-0.05, 0) is 38.6 Å². The Kier molecular flexibility index (Phi) is 5.67. The van der Waals surface area contributed by atoms with Gasteiger partial charge in [0, 0.05) is 24.7 Å². The minimum Gasteiger partial charge on any atom is -0.379 e. The van der Waals surface area contributed by atoms with Crippen molar-refractivity contribution < 1.29 is 4.74 Å². The molecule has 1 heterocycles. The van der Waals surface area contributed by atoms with E-state index in [1.54, 1.807) is 0 Å². The molecule has 0 spiro atoms. The molecule has 19 heavy (non-hydrogen) atoms. The largest absolute Gasteiger partial charge is 0.379 e. The SMILES string of the molecule is CCCNC(CC1CC1)C(C)(CC)N1CCOCC1. The second-order valence-electron chi connectivity index (χ2n) is 6.50. The van der Waals surface area contributed by atoms with Crippen molar-refractivity contribution >= 4 is 0 Å². The molecule has 3 nitrogen and oxygen atoms in total. The van der Waals surface area contributed by atoms with Crippen molar-refractivity contribution in [3.05, 3.63) is 0 Å². The van der Waals surface area contributed by atoms with E-state index in [0.29, 0.717) is 11.6 Å². The van der Waals surface area contributed by atoms with Gasteiger partial charge in [-0.3, -0.25) is 4.90 Å².